The molecule has 0 atom stereocenters. The molecule has 38 heavy (non-hydrogen) atoms. The Bertz CT molecular complexity index is 1240. The Morgan fingerprint density at radius 3 is 1.89 bits per heavy atom. The average molecular weight is 529 g/mol. The summed E-state index contributed by atoms with van der Waals surface area (Å²) in [7, 11) is 0. The molecule has 0 heterocycles. The van der Waals surface area contributed by atoms with Gasteiger partial charge in [0.2, 0.25) is 0 Å². The standard InChI is InChI=1S/C32H33F5O/c1-20-2-4-21(5-3-20)22-6-8-23(9-7-22)25-12-16-28(30(34)18-25)24-10-13-26(14-11-24)32(36,37)38-27-15-17-29(33)31(35)19-27/h6-9,12,15-21,24,26H,2-5,10-11,13-14H2,1H3. The van der Waals surface area contributed by atoms with E-state index in [0.717, 1.165) is 29.2 Å². The van der Waals surface area contributed by atoms with E-state index < -0.39 is 29.4 Å². The first kappa shape index (κ1) is 26.7. The zero-order valence-electron chi connectivity index (χ0n) is 21.5. The lowest BCUT2D eigenvalue weighted by atomic mass is 9.77. The fraction of sp³-hybridized carbons (Fsp3) is 0.438. The van der Waals surface area contributed by atoms with E-state index in [9.17, 15) is 17.6 Å². The highest BCUT2D eigenvalue weighted by Gasteiger charge is 2.44. The van der Waals surface area contributed by atoms with Crippen LogP contribution in [-0.2, 0) is 0 Å². The molecule has 3 aromatic carbocycles. The normalized spacial score (nSPS) is 24.3. The molecule has 0 amide bonds. The molecule has 202 valence electrons. The van der Waals surface area contributed by atoms with Crippen LogP contribution in [0.2, 0.25) is 0 Å². The van der Waals surface area contributed by atoms with Gasteiger partial charge in [0.25, 0.3) is 0 Å². The molecular weight excluding hydrogens is 495 g/mol. The minimum atomic E-state index is -3.53. The van der Waals surface area contributed by atoms with E-state index in [1.165, 1.54) is 31.2 Å². The molecule has 6 heteroatoms. The van der Waals surface area contributed by atoms with Gasteiger partial charge in [-0.3, -0.25) is 0 Å². The Labute approximate surface area is 221 Å². The van der Waals surface area contributed by atoms with Crippen LogP contribution < -0.4 is 4.74 Å². The summed E-state index contributed by atoms with van der Waals surface area (Å²) >= 11 is 0. The molecule has 0 saturated heterocycles. The van der Waals surface area contributed by atoms with E-state index in [2.05, 4.69) is 31.2 Å². The van der Waals surface area contributed by atoms with Gasteiger partial charge >= 0.3 is 6.11 Å². The number of hydrogen-bond donors (Lipinski definition) is 0. The van der Waals surface area contributed by atoms with Crippen LogP contribution in [0.3, 0.4) is 0 Å². The van der Waals surface area contributed by atoms with E-state index in [1.54, 1.807) is 12.1 Å². The van der Waals surface area contributed by atoms with Crippen LogP contribution in [-0.4, -0.2) is 6.11 Å². The van der Waals surface area contributed by atoms with Crippen molar-refractivity contribution in [3.05, 3.63) is 89.2 Å². The first-order valence-corrected chi connectivity index (χ1v) is 13.6. The predicted molar refractivity (Wildman–Crippen MR) is 139 cm³/mol. The van der Waals surface area contributed by atoms with Crippen molar-refractivity contribution >= 4 is 0 Å². The molecule has 2 fully saturated rings. The molecule has 5 rings (SSSR count). The monoisotopic (exact) mass is 528 g/mol. The van der Waals surface area contributed by atoms with Gasteiger partial charge in [-0.05, 0) is 96.7 Å². The second-order valence-electron chi connectivity index (χ2n) is 11.1. The molecular formula is C32H33F5O. The third-order valence-electron chi connectivity index (χ3n) is 8.52. The van der Waals surface area contributed by atoms with Crippen molar-refractivity contribution in [1.82, 2.24) is 0 Å². The van der Waals surface area contributed by atoms with Crippen LogP contribution in [0.4, 0.5) is 22.0 Å². The van der Waals surface area contributed by atoms with Gasteiger partial charge < -0.3 is 4.74 Å². The average Bonchev–Trinajstić information content (AvgIpc) is 2.91. The van der Waals surface area contributed by atoms with Gasteiger partial charge in [-0.2, -0.15) is 8.78 Å². The summed E-state index contributed by atoms with van der Waals surface area (Å²) in [5.41, 5.74) is 3.65. The van der Waals surface area contributed by atoms with Crippen molar-refractivity contribution < 1.29 is 26.7 Å². The summed E-state index contributed by atoms with van der Waals surface area (Å²) in [5, 5.41) is 0. The Hall–Kier alpha value is -2.89. The summed E-state index contributed by atoms with van der Waals surface area (Å²) in [5.74, 6) is -2.94. The molecule has 0 aliphatic heterocycles. The van der Waals surface area contributed by atoms with Crippen LogP contribution in [0.1, 0.15) is 81.3 Å². The van der Waals surface area contributed by atoms with Crippen molar-refractivity contribution in [2.45, 2.75) is 76.2 Å². The maximum atomic E-state index is 15.2. The van der Waals surface area contributed by atoms with Crippen molar-refractivity contribution in [1.29, 1.82) is 0 Å². The van der Waals surface area contributed by atoms with E-state index in [-0.39, 0.29) is 24.6 Å². The lowest BCUT2D eigenvalue weighted by molar-refractivity contribution is -0.222. The minimum Gasteiger partial charge on any atom is -0.432 e. The Morgan fingerprint density at radius 1 is 0.632 bits per heavy atom. The van der Waals surface area contributed by atoms with Gasteiger partial charge in [0, 0.05) is 6.07 Å². The SMILES string of the molecule is CC1CCC(c2ccc(-c3ccc(C4CCC(C(F)(F)Oc5ccc(F)c(F)c5)CC4)c(F)c3)cc2)CC1. The minimum absolute atomic E-state index is 0.143. The first-order valence-electron chi connectivity index (χ1n) is 13.6. The topological polar surface area (TPSA) is 9.23 Å². The van der Waals surface area contributed by atoms with E-state index in [1.807, 2.05) is 6.07 Å². The van der Waals surface area contributed by atoms with E-state index in [4.69, 9.17) is 4.74 Å². The van der Waals surface area contributed by atoms with Crippen LogP contribution in [0.15, 0.2) is 60.7 Å². The maximum Gasteiger partial charge on any atom is 0.400 e. The molecule has 2 saturated carbocycles. The number of ether oxygens (including phenoxy) is 1. The largest absolute Gasteiger partial charge is 0.432 e. The molecule has 3 aromatic rings. The lowest BCUT2D eigenvalue weighted by Crippen LogP contribution is -2.37. The summed E-state index contributed by atoms with van der Waals surface area (Å²) in [6.07, 6.45) is 2.51. The molecule has 0 radical (unpaired) electrons. The molecule has 0 unspecified atom stereocenters. The number of hydrogen-bond acceptors (Lipinski definition) is 1. The van der Waals surface area contributed by atoms with Gasteiger partial charge in [0.15, 0.2) is 11.6 Å². The molecule has 0 spiro atoms. The molecule has 0 aromatic heterocycles. The van der Waals surface area contributed by atoms with E-state index >= 15 is 4.39 Å². The van der Waals surface area contributed by atoms with Gasteiger partial charge in [-0.25, -0.2) is 13.2 Å². The Morgan fingerprint density at radius 2 is 1.26 bits per heavy atom. The summed E-state index contributed by atoms with van der Waals surface area (Å²) < 4.78 is 75.9. The number of rotatable bonds is 6. The highest BCUT2D eigenvalue weighted by atomic mass is 19.3. The van der Waals surface area contributed by atoms with Crippen molar-refractivity contribution in [2.24, 2.45) is 11.8 Å². The molecule has 0 N–H and O–H groups in total. The third-order valence-corrected chi connectivity index (χ3v) is 8.52. The highest BCUT2D eigenvalue weighted by Crippen LogP contribution is 2.44. The summed E-state index contributed by atoms with van der Waals surface area (Å²) in [6.45, 7) is 2.31. The number of benzene rings is 3. The van der Waals surface area contributed by atoms with Gasteiger partial charge in [-0.1, -0.05) is 56.2 Å². The first-order chi connectivity index (χ1) is 18.2. The number of alkyl halides is 2. The molecule has 2 aliphatic carbocycles. The Balaban J connectivity index is 1.20. The van der Waals surface area contributed by atoms with Crippen LogP contribution in [0.5, 0.6) is 5.75 Å². The molecule has 0 bridgehead atoms. The smallest absolute Gasteiger partial charge is 0.400 e. The second-order valence-corrected chi connectivity index (χ2v) is 11.1. The van der Waals surface area contributed by atoms with Gasteiger partial charge in [0.05, 0.1) is 5.92 Å². The van der Waals surface area contributed by atoms with E-state index in [0.29, 0.717) is 30.4 Å². The Kier molecular flexibility index (Phi) is 7.78. The van der Waals surface area contributed by atoms with Crippen molar-refractivity contribution in [2.75, 3.05) is 0 Å². The quantitative estimate of drug-likeness (QED) is 0.289. The zero-order valence-corrected chi connectivity index (χ0v) is 21.5. The second kappa shape index (κ2) is 11.1. The number of halogens is 5. The maximum absolute atomic E-state index is 15.2. The lowest BCUT2D eigenvalue weighted by Gasteiger charge is -2.33. The fourth-order valence-corrected chi connectivity index (χ4v) is 6.10. The van der Waals surface area contributed by atoms with Crippen LogP contribution >= 0.6 is 0 Å². The zero-order chi connectivity index (χ0) is 26.9. The third kappa shape index (κ3) is 5.89. The van der Waals surface area contributed by atoms with Crippen molar-refractivity contribution in [3.63, 3.8) is 0 Å². The summed E-state index contributed by atoms with van der Waals surface area (Å²) in [6, 6.07) is 16.0. The van der Waals surface area contributed by atoms with Gasteiger partial charge in [0.1, 0.15) is 11.6 Å². The van der Waals surface area contributed by atoms with Crippen LogP contribution in [0.25, 0.3) is 11.1 Å². The highest BCUT2D eigenvalue weighted by molar-refractivity contribution is 5.64. The summed E-state index contributed by atoms with van der Waals surface area (Å²) in [4.78, 5) is 0. The van der Waals surface area contributed by atoms with Gasteiger partial charge in [-0.15, -0.1) is 0 Å². The fourth-order valence-electron chi connectivity index (χ4n) is 6.10. The molecule has 1 nitrogen and oxygen atoms in total. The predicted octanol–water partition coefficient (Wildman–Crippen LogP) is 10.0. The molecule has 2 aliphatic rings. The van der Waals surface area contributed by atoms with Crippen LogP contribution in [0, 0.1) is 29.3 Å². The van der Waals surface area contributed by atoms with Crippen molar-refractivity contribution in [3.8, 4) is 16.9 Å².